The predicted octanol–water partition coefficient (Wildman–Crippen LogP) is 3.94. The number of ether oxygens (including phenoxy) is 1. The molecule has 0 fully saturated rings. The van der Waals surface area contributed by atoms with Crippen LogP contribution in [-0.4, -0.2) is 38.2 Å². The Hall–Kier alpha value is -4.08. The van der Waals surface area contributed by atoms with Gasteiger partial charge in [0.2, 0.25) is 17.5 Å². The maximum absolute atomic E-state index is 13.0. The number of aryl methyl sites for hydroxylation is 3. The average molecular weight is 452 g/mol. The molecule has 9 nitrogen and oxygen atoms in total. The van der Waals surface area contributed by atoms with Gasteiger partial charge in [-0.25, -0.2) is 4.39 Å². The molecular formula is C23H21FN4O5. The van der Waals surface area contributed by atoms with Crippen molar-refractivity contribution in [2.45, 2.75) is 33.6 Å². The molecule has 3 heterocycles. The summed E-state index contributed by atoms with van der Waals surface area (Å²) in [5.41, 5.74) is 2.53. The third kappa shape index (κ3) is 4.89. The number of Topliss-reactive ketones (excluding diaryl/α,β-unsaturated/α-hetero) is 1. The minimum Gasteiger partial charge on any atom is -0.457 e. The molecule has 0 saturated heterocycles. The van der Waals surface area contributed by atoms with E-state index in [2.05, 4.69) is 15.3 Å². The number of benzene rings is 1. The van der Waals surface area contributed by atoms with Gasteiger partial charge in [0.25, 0.3) is 0 Å². The van der Waals surface area contributed by atoms with Crippen molar-refractivity contribution in [1.29, 1.82) is 0 Å². The third-order valence-corrected chi connectivity index (χ3v) is 5.05. The Morgan fingerprint density at radius 1 is 1.06 bits per heavy atom. The fourth-order valence-electron chi connectivity index (χ4n) is 3.43. The first kappa shape index (κ1) is 22.1. The van der Waals surface area contributed by atoms with E-state index in [1.165, 1.54) is 24.3 Å². The van der Waals surface area contributed by atoms with Crippen molar-refractivity contribution in [3.63, 3.8) is 0 Å². The summed E-state index contributed by atoms with van der Waals surface area (Å²) in [5, 5.41) is 7.81. The van der Waals surface area contributed by atoms with Gasteiger partial charge in [0.1, 0.15) is 11.6 Å². The van der Waals surface area contributed by atoms with Gasteiger partial charge in [0, 0.05) is 35.0 Å². The molecule has 170 valence electrons. The number of aromatic nitrogens is 4. The van der Waals surface area contributed by atoms with E-state index in [0.29, 0.717) is 34.2 Å². The summed E-state index contributed by atoms with van der Waals surface area (Å²) in [6.45, 7) is 5.05. The predicted molar refractivity (Wildman–Crippen MR) is 113 cm³/mol. The Balaban J connectivity index is 1.31. The quantitative estimate of drug-likeness (QED) is 0.292. The summed E-state index contributed by atoms with van der Waals surface area (Å²) < 4.78 is 30.2. The lowest BCUT2D eigenvalue weighted by atomic mass is 10.1. The van der Waals surface area contributed by atoms with Gasteiger partial charge in [-0.15, -0.1) is 0 Å². The molecular weight excluding hydrogens is 431 g/mol. The summed E-state index contributed by atoms with van der Waals surface area (Å²) in [5.74, 6) is 0.527. The van der Waals surface area contributed by atoms with Crippen LogP contribution in [0.1, 0.15) is 39.8 Å². The van der Waals surface area contributed by atoms with Crippen LogP contribution >= 0.6 is 0 Å². The lowest BCUT2D eigenvalue weighted by Crippen LogP contribution is -2.15. The molecule has 4 aromatic rings. The Bertz CT molecular complexity index is 1300. The first-order chi connectivity index (χ1) is 15.8. The van der Waals surface area contributed by atoms with Crippen molar-refractivity contribution in [3.8, 4) is 17.2 Å². The van der Waals surface area contributed by atoms with Crippen molar-refractivity contribution in [3.05, 3.63) is 70.8 Å². The number of carbonyl (C=O) groups excluding carboxylic acids is 2. The topological polar surface area (TPSA) is 113 Å². The van der Waals surface area contributed by atoms with Crippen LogP contribution in [0.25, 0.3) is 17.2 Å². The molecule has 0 unspecified atom stereocenters. The van der Waals surface area contributed by atoms with Gasteiger partial charge in [-0.3, -0.25) is 14.2 Å². The monoisotopic (exact) mass is 452 g/mol. The van der Waals surface area contributed by atoms with E-state index in [4.69, 9.17) is 13.8 Å². The van der Waals surface area contributed by atoms with Crippen LogP contribution in [0.4, 0.5) is 4.39 Å². The Labute approximate surface area is 188 Å². The summed E-state index contributed by atoms with van der Waals surface area (Å²) in [6.07, 6.45) is 0.122. The van der Waals surface area contributed by atoms with Crippen LogP contribution < -0.4 is 0 Å². The SMILES string of the molecule is Cc1cc(-n2c(C)cc(C(=O)COC(=O)CCc3nc(-c4ccc(F)cc4)no3)c2C)no1. The molecule has 4 rings (SSSR count). The maximum atomic E-state index is 13.0. The highest BCUT2D eigenvalue weighted by atomic mass is 19.1. The van der Waals surface area contributed by atoms with Crippen LogP contribution in [0.2, 0.25) is 0 Å². The largest absolute Gasteiger partial charge is 0.457 e. The molecule has 0 atom stereocenters. The molecule has 0 saturated carbocycles. The average Bonchev–Trinajstić information content (AvgIpc) is 3.50. The minimum absolute atomic E-state index is 0.0322. The molecule has 0 bridgehead atoms. The fourth-order valence-corrected chi connectivity index (χ4v) is 3.43. The number of hydrogen-bond acceptors (Lipinski definition) is 8. The lowest BCUT2D eigenvalue weighted by molar-refractivity contribution is -0.142. The van der Waals surface area contributed by atoms with Crippen molar-refractivity contribution in [1.82, 2.24) is 19.9 Å². The highest BCUT2D eigenvalue weighted by molar-refractivity contribution is 5.99. The van der Waals surface area contributed by atoms with Gasteiger partial charge < -0.3 is 13.8 Å². The third-order valence-electron chi connectivity index (χ3n) is 5.05. The number of halogens is 1. The number of rotatable bonds is 8. The van der Waals surface area contributed by atoms with Crippen molar-refractivity contribution < 1.29 is 27.8 Å². The van der Waals surface area contributed by atoms with Gasteiger partial charge in [0.15, 0.2) is 12.4 Å². The van der Waals surface area contributed by atoms with Gasteiger partial charge in [-0.1, -0.05) is 10.3 Å². The number of carbonyl (C=O) groups is 2. The highest BCUT2D eigenvalue weighted by Crippen LogP contribution is 2.21. The molecule has 0 amide bonds. The van der Waals surface area contributed by atoms with Crippen LogP contribution in [0.15, 0.2) is 45.4 Å². The Morgan fingerprint density at radius 2 is 1.82 bits per heavy atom. The molecule has 0 aliphatic carbocycles. The summed E-state index contributed by atoms with van der Waals surface area (Å²) in [6, 6.07) is 9.15. The van der Waals surface area contributed by atoms with Crippen LogP contribution in [0.5, 0.6) is 0 Å². The highest BCUT2D eigenvalue weighted by Gasteiger charge is 2.20. The van der Waals surface area contributed by atoms with Crippen molar-refractivity contribution >= 4 is 11.8 Å². The van der Waals surface area contributed by atoms with E-state index in [-0.39, 0.29) is 36.9 Å². The molecule has 0 N–H and O–H groups in total. The van der Waals surface area contributed by atoms with E-state index >= 15 is 0 Å². The van der Waals surface area contributed by atoms with E-state index in [1.807, 2.05) is 6.92 Å². The van der Waals surface area contributed by atoms with Gasteiger partial charge in [-0.2, -0.15) is 4.98 Å². The Kier molecular flexibility index (Phi) is 6.16. The molecule has 1 aromatic carbocycles. The molecule has 3 aromatic heterocycles. The maximum Gasteiger partial charge on any atom is 0.306 e. The van der Waals surface area contributed by atoms with Crippen LogP contribution in [-0.2, 0) is 16.0 Å². The minimum atomic E-state index is -0.564. The number of esters is 1. The van der Waals surface area contributed by atoms with E-state index < -0.39 is 5.97 Å². The zero-order chi connectivity index (χ0) is 23.5. The first-order valence-corrected chi connectivity index (χ1v) is 10.2. The van der Waals surface area contributed by atoms with E-state index in [1.54, 1.807) is 30.5 Å². The lowest BCUT2D eigenvalue weighted by Gasteiger charge is -2.06. The van der Waals surface area contributed by atoms with Crippen LogP contribution in [0, 0.1) is 26.6 Å². The zero-order valence-electron chi connectivity index (χ0n) is 18.3. The fraction of sp³-hybridized carbons (Fsp3) is 0.261. The second kappa shape index (κ2) is 9.19. The normalized spacial score (nSPS) is 11.0. The smallest absolute Gasteiger partial charge is 0.306 e. The van der Waals surface area contributed by atoms with E-state index in [9.17, 15) is 14.0 Å². The van der Waals surface area contributed by atoms with Gasteiger partial charge in [0.05, 0.1) is 6.42 Å². The number of ketones is 1. The zero-order valence-corrected chi connectivity index (χ0v) is 18.3. The van der Waals surface area contributed by atoms with Crippen molar-refractivity contribution in [2.75, 3.05) is 6.61 Å². The standard InChI is InChI=1S/C23H21FN4O5/c1-13-10-18(15(3)28(13)20-11-14(2)32-26-20)19(29)12-31-22(30)9-8-21-25-23(27-33-21)16-4-6-17(24)7-5-16/h4-7,10-11H,8-9,12H2,1-3H3. The van der Waals surface area contributed by atoms with Gasteiger partial charge >= 0.3 is 5.97 Å². The second-order valence-corrected chi connectivity index (χ2v) is 7.52. The molecule has 0 spiro atoms. The summed E-state index contributed by atoms with van der Waals surface area (Å²) >= 11 is 0. The molecule has 10 heteroatoms. The molecule has 0 aliphatic heterocycles. The Morgan fingerprint density at radius 3 is 2.52 bits per heavy atom. The second-order valence-electron chi connectivity index (χ2n) is 7.52. The molecule has 0 radical (unpaired) electrons. The summed E-state index contributed by atoms with van der Waals surface area (Å²) in [4.78, 5) is 28.9. The molecule has 33 heavy (non-hydrogen) atoms. The first-order valence-electron chi connectivity index (χ1n) is 10.2. The number of hydrogen-bond donors (Lipinski definition) is 0. The van der Waals surface area contributed by atoms with Crippen molar-refractivity contribution in [2.24, 2.45) is 0 Å². The van der Waals surface area contributed by atoms with E-state index in [0.717, 1.165) is 5.69 Å². The summed E-state index contributed by atoms with van der Waals surface area (Å²) in [7, 11) is 0. The van der Waals surface area contributed by atoms with Gasteiger partial charge in [-0.05, 0) is 51.1 Å². The van der Waals surface area contributed by atoms with Crippen LogP contribution in [0.3, 0.4) is 0 Å². The molecule has 0 aliphatic rings. The number of nitrogens with zero attached hydrogens (tertiary/aromatic N) is 4.